The number of carbonyl (C=O) groups excluding carboxylic acids is 1. The van der Waals surface area contributed by atoms with E-state index >= 15 is 0 Å². The zero-order valence-electron chi connectivity index (χ0n) is 13.2. The van der Waals surface area contributed by atoms with Gasteiger partial charge in [-0.25, -0.2) is 4.98 Å². The van der Waals surface area contributed by atoms with Crippen molar-refractivity contribution in [2.24, 2.45) is 5.73 Å². The Morgan fingerprint density at radius 3 is 2.78 bits per heavy atom. The summed E-state index contributed by atoms with van der Waals surface area (Å²) in [6.45, 7) is 0.740. The number of nitrogens with zero attached hydrogens (tertiary/aromatic N) is 1. The smallest absolute Gasteiger partial charge is 0.224 e. The number of halogens is 1. The SMILES string of the molecule is Cl.NCCCCCCC(=O)Nc1ccc2nc(C3CC3)sc2c1. The lowest BCUT2D eigenvalue weighted by Crippen LogP contribution is -2.11. The summed E-state index contributed by atoms with van der Waals surface area (Å²) in [4.78, 5) is 16.6. The van der Waals surface area contributed by atoms with Crippen molar-refractivity contribution in [2.45, 2.75) is 50.9 Å². The number of hydrogen-bond acceptors (Lipinski definition) is 4. The largest absolute Gasteiger partial charge is 0.330 e. The zero-order chi connectivity index (χ0) is 15.4. The van der Waals surface area contributed by atoms with Crippen molar-refractivity contribution in [1.29, 1.82) is 0 Å². The second kappa shape index (κ2) is 8.62. The van der Waals surface area contributed by atoms with Crippen LogP contribution in [0, 0.1) is 0 Å². The highest BCUT2D eigenvalue weighted by Gasteiger charge is 2.26. The maximum atomic E-state index is 12.0. The van der Waals surface area contributed by atoms with E-state index in [-0.39, 0.29) is 18.3 Å². The van der Waals surface area contributed by atoms with Crippen molar-refractivity contribution in [3.05, 3.63) is 23.2 Å². The second-order valence-corrected chi connectivity index (χ2v) is 7.07. The van der Waals surface area contributed by atoms with Crippen molar-refractivity contribution in [1.82, 2.24) is 4.98 Å². The lowest BCUT2D eigenvalue weighted by atomic mass is 10.1. The van der Waals surface area contributed by atoms with E-state index in [1.165, 1.54) is 22.5 Å². The highest BCUT2D eigenvalue weighted by molar-refractivity contribution is 7.18. The van der Waals surface area contributed by atoms with E-state index in [4.69, 9.17) is 5.73 Å². The third-order valence-electron chi connectivity index (χ3n) is 3.97. The Kier molecular flexibility index (Phi) is 6.81. The maximum absolute atomic E-state index is 12.0. The Morgan fingerprint density at radius 1 is 1.26 bits per heavy atom. The van der Waals surface area contributed by atoms with Gasteiger partial charge >= 0.3 is 0 Å². The molecule has 0 spiro atoms. The number of nitrogens with two attached hydrogens (primary N) is 1. The highest BCUT2D eigenvalue weighted by Crippen LogP contribution is 2.43. The third kappa shape index (κ3) is 5.16. The van der Waals surface area contributed by atoms with Crippen LogP contribution in [-0.2, 0) is 4.79 Å². The zero-order valence-corrected chi connectivity index (χ0v) is 14.8. The number of rotatable bonds is 8. The van der Waals surface area contributed by atoms with Crippen molar-refractivity contribution in [3.8, 4) is 0 Å². The van der Waals surface area contributed by atoms with Crippen LogP contribution in [0.25, 0.3) is 10.2 Å². The third-order valence-corrected chi connectivity index (χ3v) is 5.15. The van der Waals surface area contributed by atoms with Crippen LogP contribution in [0.1, 0.15) is 55.9 Å². The highest BCUT2D eigenvalue weighted by atomic mass is 35.5. The van der Waals surface area contributed by atoms with Crippen molar-refractivity contribution >= 4 is 45.6 Å². The first-order chi connectivity index (χ1) is 10.8. The molecule has 1 heterocycles. The Labute approximate surface area is 147 Å². The van der Waals surface area contributed by atoms with E-state index in [0.717, 1.165) is 43.4 Å². The molecule has 23 heavy (non-hydrogen) atoms. The molecule has 1 aromatic carbocycles. The van der Waals surface area contributed by atoms with E-state index in [1.807, 2.05) is 18.2 Å². The normalized spacial score (nSPS) is 13.8. The van der Waals surface area contributed by atoms with Gasteiger partial charge in [0.05, 0.1) is 15.2 Å². The van der Waals surface area contributed by atoms with Gasteiger partial charge in [-0.2, -0.15) is 0 Å². The molecule has 1 amide bonds. The van der Waals surface area contributed by atoms with Crippen LogP contribution in [0.2, 0.25) is 0 Å². The van der Waals surface area contributed by atoms with E-state index in [9.17, 15) is 4.79 Å². The summed E-state index contributed by atoms with van der Waals surface area (Å²) in [5.74, 6) is 0.781. The van der Waals surface area contributed by atoms with Gasteiger partial charge in [0.25, 0.3) is 0 Å². The van der Waals surface area contributed by atoms with Gasteiger partial charge in [0.1, 0.15) is 0 Å². The molecule has 1 aliphatic rings. The van der Waals surface area contributed by atoms with Crippen LogP contribution in [0.5, 0.6) is 0 Å². The van der Waals surface area contributed by atoms with Crippen LogP contribution in [0.15, 0.2) is 18.2 Å². The standard InChI is InChI=1S/C17H23N3OS.ClH/c18-10-4-2-1-3-5-16(21)19-13-8-9-14-15(11-13)22-17(20-14)12-6-7-12;/h8-9,11-12H,1-7,10,18H2,(H,19,21);1H. The minimum atomic E-state index is 0. The first kappa shape index (κ1) is 18.2. The number of unbranched alkanes of at least 4 members (excludes halogenated alkanes) is 3. The van der Waals surface area contributed by atoms with Gasteiger partial charge in [0.15, 0.2) is 0 Å². The average molecular weight is 354 g/mol. The minimum Gasteiger partial charge on any atom is -0.330 e. The number of carbonyl (C=O) groups is 1. The van der Waals surface area contributed by atoms with Crippen molar-refractivity contribution in [3.63, 3.8) is 0 Å². The van der Waals surface area contributed by atoms with E-state index in [2.05, 4.69) is 10.3 Å². The predicted molar refractivity (Wildman–Crippen MR) is 99.6 cm³/mol. The van der Waals surface area contributed by atoms with Crippen molar-refractivity contribution < 1.29 is 4.79 Å². The Hall–Kier alpha value is -1.17. The molecule has 0 aliphatic heterocycles. The topological polar surface area (TPSA) is 68.0 Å². The molecule has 0 saturated heterocycles. The Balaban J connectivity index is 0.00000192. The number of nitrogens with one attached hydrogen (secondary N) is 1. The lowest BCUT2D eigenvalue weighted by molar-refractivity contribution is -0.116. The molecule has 0 atom stereocenters. The van der Waals surface area contributed by atoms with Gasteiger partial charge in [-0.3, -0.25) is 4.79 Å². The first-order valence-electron chi connectivity index (χ1n) is 8.16. The Bertz CT molecular complexity index is 654. The molecule has 3 N–H and O–H groups in total. The monoisotopic (exact) mass is 353 g/mol. The Morgan fingerprint density at radius 2 is 2.04 bits per heavy atom. The van der Waals surface area contributed by atoms with Gasteiger partial charge in [-0.05, 0) is 50.4 Å². The van der Waals surface area contributed by atoms with Crippen LogP contribution in [-0.4, -0.2) is 17.4 Å². The molecule has 126 valence electrons. The molecule has 3 rings (SSSR count). The molecule has 0 radical (unpaired) electrons. The lowest BCUT2D eigenvalue weighted by Gasteiger charge is -2.05. The summed E-state index contributed by atoms with van der Waals surface area (Å²) in [5, 5.41) is 4.24. The molecule has 1 aromatic heterocycles. The molecule has 1 aliphatic carbocycles. The van der Waals surface area contributed by atoms with Gasteiger partial charge in [0, 0.05) is 18.0 Å². The number of aromatic nitrogens is 1. The summed E-state index contributed by atoms with van der Waals surface area (Å²) in [6, 6.07) is 6.00. The predicted octanol–water partition coefficient (Wildman–Crippen LogP) is 4.44. The second-order valence-electron chi connectivity index (χ2n) is 6.01. The number of thiazole rings is 1. The van der Waals surface area contributed by atoms with Crippen LogP contribution >= 0.6 is 23.7 Å². The molecule has 6 heteroatoms. The molecule has 4 nitrogen and oxygen atoms in total. The van der Waals surface area contributed by atoms with Crippen LogP contribution < -0.4 is 11.1 Å². The maximum Gasteiger partial charge on any atom is 0.224 e. The van der Waals surface area contributed by atoms with Gasteiger partial charge in [-0.15, -0.1) is 23.7 Å². The quantitative estimate of drug-likeness (QED) is 0.689. The summed E-state index contributed by atoms with van der Waals surface area (Å²) in [7, 11) is 0. The fourth-order valence-corrected chi connectivity index (χ4v) is 3.71. The van der Waals surface area contributed by atoms with Gasteiger partial charge < -0.3 is 11.1 Å². The summed E-state index contributed by atoms with van der Waals surface area (Å²) < 4.78 is 1.17. The van der Waals surface area contributed by atoms with Gasteiger partial charge in [-0.1, -0.05) is 12.8 Å². The number of amides is 1. The van der Waals surface area contributed by atoms with E-state index in [0.29, 0.717) is 12.3 Å². The summed E-state index contributed by atoms with van der Waals surface area (Å²) >= 11 is 1.76. The molecular weight excluding hydrogens is 330 g/mol. The number of hydrogen-bond donors (Lipinski definition) is 2. The molecular formula is C17H24ClN3OS. The van der Waals surface area contributed by atoms with E-state index < -0.39 is 0 Å². The van der Waals surface area contributed by atoms with Gasteiger partial charge in [0.2, 0.25) is 5.91 Å². The van der Waals surface area contributed by atoms with Crippen LogP contribution in [0.4, 0.5) is 5.69 Å². The average Bonchev–Trinajstić information content (AvgIpc) is 3.27. The molecule has 1 fully saturated rings. The molecule has 0 bridgehead atoms. The number of anilines is 1. The number of fused-ring (bicyclic) bond motifs is 1. The first-order valence-corrected chi connectivity index (χ1v) is 8.98. The minimum absolute atomic E-state index is 0. The summed E-state index contributed by atoms with van der Waals surface area (Å²) in [5.41, 5.74) is 7.39. The molecule has 2 aromatic rings. The summed E-state index contributed by atoms with van der Waals surface area (Å²) in [6.07, 6.45) is 7.29. The molecule has 0 unspecified atom stereocenters. The van der Waals surface area contributed by atoms with E-state index in [1.54, 1.807) is 11.3 Å². The van der Waals surface area contributed by atoms with Crippen LogP contribution in [0.3, 0.4) is 0 Å². The number of benzene rings is 1. The fraction of sp³-hybridized carbons (Fsp3) is 0.529. The fourth-order valence-electron chi connectivity index (χ4n) is 2.53. The molecule has 1 saturated carbocycles. The van der Waals surface area contributed by atoms with Crippen molar-refractivity contribution in [2.75, 3.05) is 11.9 Å².